The summed E-state index contributed by atoms with van der Waals surface area (Å²) in [4.78, 5) is 14.0. The summed E-state index contributed by atoms with van der Waals surface area (Å²) in [6.07, 6.45) is 1.19. The number of carbonyl (C=O) groups excluding carboxylic acids is 1. The lowest BCUT2D eigenvalue weighted by molar-refractivity contribution is -0.130. The Morgan fingerprint density at radius 1 is 1.05 bits per heavy atom. The molecule has 1 amide bonds. The van der Waals surface area contributed by atoms with Crippen LogP contribution >= 0.6 is 0 Å². The number of carbonyl (C=O) groups is 1. The third-order valence-corrected chi connectivity index (χ3v) is 3.49. The molecule has 0 aromatic heterocycles. The third kappa shape index (κ3) is 4.35. The molecular formula is C18H21NO2. The lowest BCUT2D eigenvalue weighted by atomic mass is 10.1. The van der Waals surface area contributed by atoms with Crippen molar-refractivity contribution in [2.45, 2.75) is 19.4 Å². The minimum absolute atomic E-state index is 0.143. The lowest BCUT2D eigenvalue weighted by Crippen LogP contribution is -2.26. The van der Waals surface area contributed by atoms with E-state index in [-0.39, 0.29) is 5.91 Å². The highest BCUT2D eigenvalue weighted by Crippen LogP contribution is 2.19. The van der Waals surface area contributed by atoms with Gasteiger partial charge in [0.2, 0.25) is 5.91 Å². The number of aryl methyl sites for hydroxylation is 1. The molecule has 3 heteroatoms. The van der Waals surface area contributed by atoms with Crippen LogP contribution in [0, 0.1) is 0 Å². The molecule has 0 fully saturated rings. The summed E-state index contributed by atoms with van der Waals surface area (Å²) < 4.78 is 5.31. The minimum atomic E-state index is 0.143. The van der Waals surface area contributed by atoms with Gasteiger partial charge in [0.25, 0.3) is 0 Å². The summed E-state index contributed by atoms with van der Waals surface area (Å²) in [6.45, 7) is 0.644. The first-order valence-electron chi connectivity index (χ1n) is 7.10. The molecule has 2 aromatic rings. The van der Waals surface area contributed by atoms with Crippen LogP contribution in [0.5, 0.6) is 5.75 Å². The maximum absolute atomic E-state index is 12.2. The molecule has 0 radical (unpaired) electrons. The molecule has 110 valence electrons. The number of rotatable bonds is 6. The monoisotopic (exact) mass is 283 g/mol. The van der Waals surface area contributed by atoms with Crippen molar-refractivity contribution in [2.75, 3.05) is 14.2 Å². The number of amides is 1. The van der Waals surface area contributed by atoms with Crippen LogP contribution in [0.25, 0.3) is 0 Å². The second-order valence-corrected chi connectivity index (χ2v) is 5.05. The van der Waals surface area contributed by atoms with Gasteiger partial charge in [-0.1, -0.05) is 48.5 Å². The summed E-state index contributed by atoms with van der Waals surface area (Å²) in [5.74, 6) is 0.987. The Labute approximate surface area is 126 Å². The van der Waals surface area contributed by atoms with Gasteiger partial charge in [0.15, 0.2) is 0 Å². The number of benzene rings is 2. The van der Waals surface area contributed by atoms with E-state index in [9.17, 15) is 4.79 Å². The van der Waals surface area contributed by atoms with Gasteiger partial charge in [-0.3, -0.25) is 4.79 Å². The average Bonchev–Trinajstić information content (AvgIpc) is 2.53. The first-order valence-corrected chi connectivity index (χ1v) is 7.10. The van der Waals surface area contributed by atoms with Crippen LogP contribution in [0.1, 0.15) is 17.5 Å². The van der Waals surface area contributed by atoms with E-state index >= 15 is 0 Å². The number of hydrogen-bond donors (Lipinski definition) is 0. The van der Waals surface area contributed by atoms with E-state index in [2.05, 4.69) is 0 Å². The van der Waals surface area contributed by atoms with E-state index in [1.165, 1.54) is 0 Å². The summed E-state index contributed by atoms with van der Waals surface area (Å²) in [5.41, 5.74) is 2.21. The second-order valence-electron chi connectivity index (χ2n) is 5.05. The molecular weight excluding hydrogens is 262 g/mol. The standard InChI is InChI=1S/C18H21NO2/c1-19(14-15-8-4-3-5-9-15)18(20)13-12-16-10-6-7-11-17(16)21-2/h3-11H,12-14H2,1-2H3. The summed E-state index contributed by atoms with van der Waals surface area (Å²) in [6, 6.07) is 17.9. The Kier molecular flexibility index (Phi) is 5.38. The molecule has 0 saturated heterocycles. The molecule has 0 saturated carbocycles. The van der Waals surface area contributed by atoms with Crippen LogP contribution in [0.2, 0.25) is 0 Å². The zero-order chi connectivity index (χ0) is 15.1. The van der Waals surface area contributed by atoms with Crippen LogP contribution < -0.4 is 4.74 Å². The van der Waals surface area contributed by atoms with Crippen molar-refractivity contribution < 1.29 is 9.53 Å². The Balaban J connectivity index is 1.89. The quantitative estimate of drug-likeness (QED) is 0.814. The van der Waals surface area contributed by atoms with E-state index < -0.39 is 0 Å². The third-order valence-electron chi connectivity index (χ3n) is 3.49. The molecule has 21 heavy (non-hydrogen) atoms. The highest BCUT2D eigenvalue weighted by Gasteiger charge is 2.11. The van der Waals surface area contributed by atoms with Crippen LogP contribution in [0.3, 0.4) is 0 Å². The molecule has 0 atom stereocenters. The molecule has 0 N–H and O–H groups in total. The fourth-order valence-electron chi connectivity index (χ4n) is 2.29. The van der Waals surface area contributed by atoms with E-state index in [1.807, 2.05) is 61.6 Å². The molecule has 2 aromatic carbocycles. The molecule has 0 bridgehead atoms. The first-order chi connectivity index (χ1) is 10.2. The number of para-hydroxylation sites is 1. The van der Waals surface area contributed by atoms with Gasteiger partial charge in [-0.05, 0) is 23.6 Å². The largest absolute Gasteiger partial charge is 0.496 e. The van der Waals surface area contributed by atoms with Gasteiger partial charge in [-0.15, -0.1) is 0 Å². The Bertz CT molecular complexity index is 581. The van der Waals surface area contributed by atoms with Crippen molar-refractivity contribution in [3.8, 4) is 5.75 Å². The zero-order valence-corrected chi connectivity index (χ0v) is 12.6. The molecule has 3 nitrogen and oxygen atoms in total. The molecule has 2 rings (SSSR count). The van der Waals surface area contributed by atoms with Gasteiger partial charge in [-0.2, -0.15) is 0 Å². The molecule has 0 aliphatic carbocycles. The Morgan fingerprint density at radius 3 is 2.43 bits per heavy atom. The predicted octanol–water partition coefficient (Wildman–Crippen LogP) is 3.29. The Hall–Kier alpha value is -2.29. The van der Waals surface area contributed by atoms with Crippen LogP contribution in [0.15, 0.2) is 54.6 Å². The highest BCUT2D eigenvalue weighted by atomic mass is 16.5. The van der Waals surface area contributed by atoms with E-state index in [0.717, 1.165) is 16.9 Å². The van der Waals surface area contributed by atoms with Crippen LogP contribution in [-0.2, 0) is 17.8 Å². The van der Waals surface area contributed by atoms with Crippen LogP contribution in [-0.4, -0.2) is 25.0 Å². The number of methoxy groups -OCH3 is 1. The van der Waals surface area contributed by atoms with Gasteiger partial charge in [0.1, 0.15) is 5.75 Å². The van der Waals surface area contributed by atoms with E-state index in [4.69, 9.17) is 4.74 Å². The number of ether oxygens (including phenoxy) is 1. The van der Waals surface area contributed by atoms with Gasteiger partial charge >= 0.3 is 0 Å². The topological polar surface area (TPSA) is 29.5 Å². The SMILES string of the molecule is COc1ccccc1CCC(=O)N(C)Cc1ccccc1. The van der Waals surface area contributed by atoms with Crippen molar-refractivity contribution in [1.29, 1.82) is 0 Å². The van der Waals surface area contributed by atoms with E-state index in [0.29, 0.717) is 19.4 Å². The fraction of sp³-hybridized carbons (Fsp3) is 0.278. The van der Waals surface area contributed by atoms with Gasteiger partial charge in [-0.25, -0.2) is 0 Å². The van der Waals surface area contributed by atoms with E-state index in [1.54, 1.807) is 12.0 Å². The van der Waals surface area contributed by atoms with Gasteiger partial charge in [0.05, 0.1) is 7.11 Å². The van der Waals surface area contributed by atoms with Crippen molar-refractivity contribution in [3.05, 3.63) is 65.7 Å². The van der Waals surface area contributed by atoms with Crippen molar-refractivity contribution in [3.63, 3.8) is 0 Å². The van der Waals surface area contributed by atoms with Gasteiger partial charge < -0.3 is 9.64 Å². The summed E-state index contributed by atoms with van der Waals surface area (Å²) in [7, 11) is 3.50. The molecule has 0 spiro atoms. The number of nitrogens with zero attached hydrogens (tertiary/aromatic N) is 1. The highest BCUT2D eigenvalue weighted by molar-refractivity contribution is 5.76. The smallest absolute Gasteiger partial charge is 0.222 e. The summed E-state index contributed by atoms with van der Waals surface area (Å²) in [5, 5.41) is 0. The fourth-order valence-corrected chi connectivity index (χ4v) is 2.29. The van der Waals surface area contributed by atoms with Crippen molar-refractivity contribution in [1.82, 2.24) is 4.90 Å². The number of hydrogen-bond acceptors (Lipinski definition) is 2. The molecule has 0 heterocycles. The molecule has 0 aliphatic heterocycles. The second kappa shape index (κ2) is 7.48. The zero-order valence-electron chi connectivity index (χ0n) is 12.6. The summed E-state index contributed by atoms with van der Waals surface area (Å²) >= 11 is 0. The lowest BCUT2D eigenvalue weighted by Gasteiger charge is -2.17. The van der Waals surface area contributed by atoms with Gasteiger partial charge in [0, 0.05) is 20.0 Å². The maximum atomic E-state index is 12.2. The average molecular weight is 283 g/mol. The molecule has 0 aliphatic rings. The normalized spacial score (nSPS) is 10.2. The molecule has 0 unspecified atom stereocenters. The van der Waals surface area contributed by atoms with Crippen molar-refractivity contribution in [2.24, 2.45) is 0 Å². The Morgan fingerprint density at radius 2 is 1.71 bits per heavy atom. The first kappa shape index (κ1) is 15.1. The predicted molar refractivity (Wildman–Crippen MR) is 84.2 cm³/mol. The van der Waals surface area contributed by atoms with Crippen molar-refractivity contribution >= 4 is 5.91 Å². The minimum Gasteiger partial charge on any atom is -0.496 e. The van der Waals surface area contributed by atoms with Crippen LogP contribution in [0.4, 0.5) is 0 Å². The maximum Gasteiger partial charge on any atom is 0.222 e.